The molecule has 0 spiro atoms. The summed E-state index contributed by atoms with van der Waals surface area (Å²) in [4.78, 5) is 10.0. The first-order valence-electron chi connectivity index (χ1n) is 6.06. The van der Waals surface area contributed by atoms with Gasteiger partial charge < -0.3 is 10.1 Å². The summed E-state index contributed by atoms with van der Waals surface area (Å²) in [6.07, 6.45) is 11.1. The molecule has 0 amide bonds. The van der Waals surface area contributed by atoms with Gasteiger partial charge >= 0.3 is 0 Å². The minimum Gasteiger partial charge on any atom is -0.316 e. The highest BCUT2D eigenvalue weighted by Gasteiger charge is 1.90. The van der Waals surface area contributed by atoms with Gasteiger partial charge in [0.1, 0.15) is 6.29 Å². The lowest BCUT2D eigenvalue weighted by molar-refractivity contribution is -0.107. The third kappa shape index (κ3) is 11.6. The van der Waals surface area contributed by atoms with Crippen LogP contribution in [-0.2, 0) is 4.79 Å². The summed E-state index contributed by atoms with van der Waals surface area (Å²) in [7, 11) is 0. The molecule has 2 heteroatoms. The van der Waals surface area contributed by atoms with Gasteiger partial charge in [0, 0.05) is 13.0 Å². The molecule has 0 atom stereocenters. The molecule has 0 aromatic carbocycles. The monoisotopic (exact) mass is 199 g/mol. The Morgan fingerprint density at radius 3 is 2.21 bits per heavy atom. The predicted molar refractivity (Wildman–Crippen MR) is 61.5 cm³/mol. The number of unbranched alkanes of at least 4 members (excludes halogenated alkanes) is 6. The second-order valence-electron chi connectivity index (χ2n) is 3.83. The highest BCUT2D eigenvalue weighted by Crippen LogP contribution is 2.06. The Morgan fingerprint density at radius 1 is 0.929 bits per heavy atom. The summed E-state index contributed by atoms with van der Waals surface area (Å²) in [5.41, 5.74) is 0. The molecule has 0 radical (unpaired) electrons. The van der Waals surface area contributed by atoms with Crippen molar-refractivity contribution in [3.05, 3.63) is 0 Å². The van der Waals surface area contributed by atoms with Crippen LogP contribution in [0.4, 0.5) is 0 Å². The van der Waals surface area contributed by atoms with Gasteiger partial charge in [-0.15, -0.1) is 0 Å². The molecule has 2 nitrogen and oxygen atoms in total. The van der Waals surface area contributed by atoms with Crippen molar-refractivity contribution < 1.29 is 4.79 Å². The molecule has 14 heavy (non-hydrogen) atoms. The smallest absolute Gasteiger partial charge is 0.121 e. The van der Waals surface area contributed by atoms with Crippen molar-refractivity contribution in [2.24, 2.45) is 0 Å². The number of hydrogen-bond donors (Lipinski definition) is 1. The number of hydrogen-bond acceptors (Lipinski definition) is 2. The van der Waals surface area contributed by atoms with Gasteiger partial charge in [-0.1, -0.05) is 45.4 Å². The lowest BCUT2D eigenvalue weighted by Crippen LogP contribution is -2.16. The van der Waals surface area contributed by atoms with Crippen molar-refractivity contribution in [2.75, 3.05) is 13.1 Å². The summed E-state index contributed by atoms with van der Waals surface area (Å²) in [6.45, 7) is 4.16. The molecule has 0 rings (SSSR count). The van der Waals surface area contributed by atoms with Crippen molar-refractivity contribution >= 4 is 6.29 Å². The van der Waals surface area contributed by atoms with Crippen molar-refractivity contribution in [1.29, 1.82) is 0 Å². The van der Waals surface area contributed by atoms with Crippen LogP contribution >= 0.6 is 0 Å². The van der Waals surface area contributed by atoms with E-state index in [4.69, 9.17) is 0 Å². The van der Waals surface area contributed by atoms with Crippen LogP contribution in [0.2, 0.25) is 0 Å². The Hall–Kier alpha value is -0.370. The maximum Gasteiger partial charge on any atom is 0.121 e. The molecule has 0 saturated heterocycles. The average Bonchev–Trinajstić information content (AvgIpc) is 2.21. The largest absolute Gasteiger partial charge is 0.316 e. The molecule has 0 aromatic heterocycles. The topological polar surface area (TPSA) is 29.1 Å². The Kier molecular flexibility index (Phi) is 12.3. The summed E-state index contributed by atoms with van der Waals surface area (Å²) in [6, 6.07) is 0. The van der Waals surface area contributed by atoms with E-state index in [9.17, 15) is 4.79 Å². The average molecular weight is 199 g/mol. The molecule has 0 aliphatic heterocycles. The Labute approximate surface area is 88.5 Å². The van der Waals surface area contributed by atoms with Gasteiger partial charge in [-0.25, -0.2) is 0 Å². The molecule has 0 saturated carbocycles. The van der Waals surface area contributed by atoms with Crippen LogP contribution in [0.1, 0.15) is 58.3 Å². The Bertz CT molecular complexity index is 115. The molecular formula is C12H25NO. The van der Waals surface area contributed by atoms with Crippen molar-refractivity contribution in [3.8, 4) is 0 Å². The van der Waals surface area contributed by atoms with Gasteiger partial charge in [-0.2, -0.15) is 0 Å². The van der Waals surface area contributed by atoms with E-state index in [2.05, 4.69) is 12.2 Å². The second-order valence-corrected chi connectivity index (χ2v) is 3.83. The highest BCUT2D eigenvalue weighted by atomic mass is 16.1. The molecule has 0 fully saturated rings. The lowest BCUT2D eigenvalue weighted by atomic mass is 10.1. The quantitative estimate of drug-likeness (QED) is 0.409. The number of carbonyl (C=O) groups excluding carboxylic acids is 1. The van der Waals surface area contributed by atoms with E-state index in [-0.39, 0.29) is 0 Å². The van der Waals surface area contributed by atoms with Crippen LogP contribution in [0.5, 0.6) is 0 Å². The Balaban J connectivity index is 2.81. The molecule has 1 N–H and O–H groups in total. The molecule has 0 aliphatic rings. The first-order chi connectivity index (χ1) is 6.91. The van der Waals surface area contributed by atoms with E-state index in [1.807, 2.05) is 0 Å². The lowest BCUT2D eigenvalue weighted by Gasteiger charge is -2.02. The molecule has 0 heterocycles. The van der Waals surface area contributed by atoms with E-state index in [1.165, 1.54) is 44.9 Å². The number of aldehydes is 1. The van der Waals surface area contributed by atoms with E-state index >= 15 is 0 Å². The van der Waals surface area contributed by atoms with Crippen molar-refractivity contribution in [2.45, 2.75) is 58.3 Å². The van der Waals surface area contributed by atoms with Gasteiger partial charge in [-0.05, 0) is 13.0 Å². The molecule has 0 aliphatic carbocycles. The number of nitrogens with one attached hydrogen (secondary N) is 1. The van der Waals surface area contributed by atoms with Gasteiger partial charge in [0.15, 0.2) is 0 Å². The summed E-state index contributed by atoms with van der Waals surface area (Å²) >= 11 is 0. The first kappa shape index (κ1) is 13.6. The van der Waals surface area contributed by atoms with Crippen LogP contribution in [0.15, 0.2) is 0 Å². The van der Waals surface area contributed by atoms with Crippen molar-refractivity contribution in [1.82, 2.24) is 5.32 Å². The fraction of sp³-hybridized carbons (Fsp3) is 0.917. The minimum atomic E-state index is 0.649. The fourth-order valence-electron chi connectivity index (χ4n) is 1.49. The van der Waals surface area contributed by atoms with Gasteiger partial charge in [0.05, 0.1) is 0 Å². The normalized spacial score (nSPS) is 10.4. The molecule has 0 bridgehead atoms. The summed E-state index contributed by atoms with van der Waals surface area (Å²) < 4.78 is 0. The second kappa shape index (κ2) is 12.6. The van der Waals surface area contributed by atoms with Gasteiger partial charge in [0.2, 0.25) is 0 Å². The maximum absolute atomic E-state index is 10.0. The first-order valence-corrected chi connectivity index (χ1v) is 6.06. The summed E-state index contributed by atoms with van der Waals surface area (Å²) in [5.74, 6) is 0. The zero-order valence-electron chi connectivity index (χ0n) is 9.56. The van der Waals surface area contributed by atoms with Gasteiger partial charge in [0.25, 0.3) is 0 Å². The SMILES string of the molecule is CCCCCCCCCNCCC=O. The Morgan fingerprint density at radius 2 is 1.57 bits per heavy atom. The van der Waals surface area contributed by atoms with Crippen LogP contribution in [0.25, 0.3) is 0 Å². The third-order valence-corrected chi connectivity index (χ3v) is 2.40. The fourth-order valence-corrected chi connectivity index (χ4v) is 1.49. The van der Waals surface area contributed by atoms with Gasteiger partial charge in [-0.3, -0.25) is 0 Å². The summed E-state index contributed by atoms with van der Waals surface area (Å²) in [5, 5.41) is 3.26. The number of rotatable bonds is 11. The number of carbonyl (C=O) groups is 1. The minimum absolute atomic E-state index is 0.649. The van der Waals surface area contributed by atoms with Crippen LogP contribution in [0, 0.1) is 0 Å². The van der Waals surface area contributed by atoms with E-state index in [0.717, 1.165) is 19.4 Å². The standard InChI is InChI=1S/C12H25NO/c1-2-3-4-5-6-7-8-10-13-11-9-12-14/h12-13H,2-11H2,1H3. The molecule has 0 aromatic rings. The van der Waals surface area contributed by atoms with E-state index in [1.54, 1.807) is 0 Å². The van der Waals surface area contributed by atoms with E-state index < -0.39 is 0 Å². The molecular weight excluding hydrogens is 174 g/mol. The van der Waals surface area contributed by atoms with E-state index in [0.29, 0.717) is 6.42 Å². The predicted octanol–water partition coefficient (Wildman–Crippen LogP) is 2.92. The molecule has 0 unspecified atom stereocenters. The van der Waals surface area contributed by atoms with Crippen molar-refractivity contribution in [3.63, 3.8) is 0 Å². The zero-order chi connectivity index (χ0) is 10.5. The third-order valence-electron chi connectivity index (χ3n) is 2.40. The zero-order valence-corrected chi connectivity index (χ0v) is 9.56. The van der Waals surface area contributed by atoms with Crippen LogP contribution in [-0.4, -0.2) is 19.4 Å². The highest BCUT2D eigenvalue weighted by molar-refractivity contribution is 5.49. The van der Waals surface area contributed by atoms with Crippen LogP contribution < -0.4 is 5.32 Å². The molecule has 84 valence electrons. The maximum atomic E-state index is 10.0. The van der Waals surface area contributed by atoms with Crippen LogP contribution in [0.3, 0.4) is 0 Å².